The average Bonchev–Trinajstić information content (AvgIpc) is 2.60. The molecule has 0 radical (unpaired) electrons. The molecule has 0 aliphatic carbocycles. The zero-order valence-corrected chi connectivity index (χ0v) is 14.2. The van der Waals surface area contributed by atoms with Crippen molar-refractivity contribution in [3.63, 3.8) is 0 Å². The first-order valence-corrected chi connectivity index (χ1v) is 8.14. The van der Waals surface area contributed by atoms with Crippen LogP contribution in [0.3, 0.4) is 0 Å². The summed E-state index contributed by atoms with van der Waals surface area (Å²) in [5, 5.41) is 32.1. The third kappa shape index (κ3) is 5.94. The van der Waals surface area contributed by atoms with Gasteiger partial charge in [0, 0.05) is 12.1 Å². The van der Waals surface area contributed by atoms with Crippen LogP contribution in [0.15, 0.2) is 48.5 Å². The van der Waals surface area contributed by atoms with E-state index in [1.807, 2.05) is 30.3 Å². The largest absolute Gasteiger partial charge is 0.508 e. The highest BCUT2D eigenvalue weighted by molar-refractivity contribution is 6.31. The summed E-state index contributed by atoms with van der Waals surface area (Å²) in [5.74, 6) is -0.0294. The maximum atomic E-state index is 11.6. The number of amides is 1. The number of hydrogen-bond acceptors (Lipinski definition) is 5. The zero-order chi connectivity index (χ0) is 18.2. The molecule has 0 saturated carbocycles. The van der Waals surface area contributed by atoms with E-state index < -0.39 is 18.3 Å². The van der Waals surface area contributed by atoms with E-state index in [1.54, 1.807) is 0 Å². The van der Waals surface area contributed by atoms with Crippen LogP contribution in [0.2, 0.25) is 5.02 Å². The van der Waals surface area contributed by atoms with Crippen LogP contribution in [0.25, 0.3) is 0 Å². The molecule has 2 aromatic carbocycles. The number of phenolic OH excluding ortho intramolecular Hbond substituents is 1. The first-order valence-electron chi connectivity index (χ1n) is 7.76. The number of aromatic hydroxyl groups is 1. The van der Waals surface area contributed by atoms with Crippen molar-refractivity contribution in [3.05, 3.63) is 64.7 Å². The Morgan fingerprint density at radius 3 is 2.56 bits per heavy atom. The summed E-state index contributed by atoms with van der Waals surface area (Å²) in [4.78, 5) is 11.6. The molecule has 134 valence electrons. The minimum Gasteiger partial charge on any atom is -0.508 e. The summed E-state index contributed by atoms with van der Waals surface area (Å²) < 4.78 is 5.04. The van der Waals surface area contributed by atoms with Crippen LogP contribution in [-0.2, 0) is 11.3 Å². The second-order valence-corrected chi connectivity index (χ2v) is 5.90. The molecule has 2 rings (SSSR count). The minimum atomic E-state index is -1.23. The van der Waals surface area contributed by atoms with Crippen LogP contribution in [0.1, 0.15) is 23.7 Å². The van der Waals surface area contributed by atoms with Gasteiger partial charge in [-0.05, 0) is 24.1 Å². The molecule has 2 aromatic rings. The summed E-state index contributed by atoms with van der Waals surface area (Å²) in [6, 6.07) is 13.3. The van der Waals surface area contributed by atoms with Gasteiger partial charge < -0.3 is 25.4 Å². The van der Waals surface area contributed by atoms with E-state index in [0.29, 0.717) is 5.56 Å². The van der Waals surface area contributed by atoms with E-state index in [4.69, 9.17) is 16.3 Å². The number of carbonyl (C=O) groups excluding carboxylic acids is 1. The topological polar surface area (TPSA) is 99.0 Å². The van der Waals surface area contributed by atoms with Gasteiger partial charge in [0.15, 0.2) is 0 Å². The highest BCUT2D eigenvalue weighted by Crippen LogP contribution is 2.29. The van der Waals surface area contributed by atoms with Gasteiger partial charge in [0.05, 0.1) is 11.1 Å². The lowest BCUT2D eigenvalue weighted by molar-refractivity contribution is 0.0136. The Labute approximate surface area is 150 Å². The SMILES string of the molecule is O=C(NCCC(O)C(O)c1ccc(O)cc1Cl)OCc1ccccc1. The molecule has 0 aliphatic rings. The normalized spacial score (nSPS) is 13.1. The van der Waals surface area contributed by atoms with Crippen LogP contribution in [0, 0.1) is 0 Å². The molecule has 2 atom stereocenters. The molecule has 7 heteroatoms. The van der Waals surface area contributed by atoms with E-state index in [0.717, 1.165) is 5.56 Å². The molecule has 4 N–H and O–H groups in total. The molecule has 6 nitrogen and oxygen atoms in total. The van der Waals surface area contributed by atoms with Gasteiger partial charge in [-0.15, -0.1) is 0 Å². The standard InChI is InChI=1S/C18H20ClNO5/c19-15-10-13(21)6-7-14(15)17(23)16(22)8-9-20-18(24)25-11-12-4-2-1-3-5-12/h1-7,10,16-17,21-23H,8-9,11H2,(H,20,24). The van der Waals surface area contributed by atoms with Crippen molar-refractivity contribution in [2.75, 3.05) is 6.54 Å². The van der Waals surface area contributed by atoms with Gasteiger partial charge in [0.2, 0.25) is 0 Å². The fraction of sp³-hybridized carbons (Fsp3) is 0.278. The van der Waals surface area contributed by atoms with Crippen LogP contribution < -0.4 is 5.32 Å². The van der Waals surface area contributed by atoms with Crippen LogP contribution >= 0.6 is 11.6 Å². The molecule has 25 heavy (non-hydrogen) atoms. The van der Waals surface area contributed by atoms with Crippen molar-refractivity contribution in [1.29, 1.82) is 0 Å². The van der Waals surface area contributed by atoms with E-state index in [1.165, 1.54) is 18.2 Å². The number of benzene rings is 2. The Kier molecular flexibility index (Phi) is 7.06. The predicted molar refractivity (Wildman–Crippen MR) is 93.3 cm³/mol. The van der Waals surface area contributed by atoms with E-state index >= 15 is 0 Å². The quantitative estimate of drug-likeness (QED) is 0.604. The summed E-state index contributed by atoms with van der Waals surface area (Å²) >= 11 is 5.93. The minimum absolute atomic E-state index is 0.0294. The molecule has 0 bridgehead atoms. The fourth-order valence-electron chi connectivity index (χ4n) is 2.22. The van der Waals surface area contributed by atoms with Gasteiger partial charge in [-0.3, -0.25) is 0 Å². The summed E-state index contributed by atoms with van der Waals surface area (Å²) in [6.07, 6.45) is -2.85. The lowest BCUT2D eigenvalue weighted by atomic mass is 10.0. The van der Waals surface area contributed by atoms with Crippen LogP contribution in [0.4, 0.5) is 4.79 Å². The van der Waals surface area contributed by atoms with Crippen molar-refractivity contribution < 1.29 is 24.9 Å². The molecular formula is C18H20ClNO5. The third-order valence-corrected chi connectivity index (χ3v) is 3.92. The van der Waals surface area contributed by atoms with Crippen LogP contribution in [-0.4, -0.2) is 34.1 Å². The Morgan fingerprint density at radius 2 is 1.88 bits per heavy atom. The number of ether oxygens (including phenoxy) is 1. The molecule has 0 fully saturated rings. The van der Waals surface area contributed by atoms with E-state index in [9.17, 15) is 20.1 Å². The second kappa shape index (κ2) is 9.27. The smallest absolute Gasteiger partial charge is 0.407 e. The number of hydrogen-bond donors (Lipinski definition) is 4. The number of aliphatic hydroxyl groups is 2. The van der Waals surface area contributed by atoms with Gasteiger partial charge >= 0.3 is 6.09 Å². The summed E-state index contributed by atoms with van der Waals surface area (Å²) in [7, 11) is 0. The number of rotatable bonds is 7. The first kappa shape index (κ1) is 19.1. The fourth-order valence-corrected chi connectivity index (χ4v) is 2.50. The van der Waals surface area contributed by atoms with Crippen molar-refractivity contribution in [2.24, 2.45) is 0 Å². The summed E-state index contributed by atoms with van der Waals surface area (Å²) in [6.45, 7) is 0.280. The van der Waals surface area contributed by atoms with Gasteiger partial charge in [0.25, 0.3) is 0 Å². The third-order valence-electron chi connectivity index (χ3n) is 3.59. The van der Waals surface area contributed by atoms with Gasteiger partial charge in [-0.2, -0.15) is 0 Å². The van der Waals surface area contributed by atoms with E-state index in [2.05, 4.69) is 5.32 Å². The maximum absolute atomic E-state index is 11.6. The molecule has 0 spiro atoms. The van der Waals surface area contributed by atoms with Crippen molar-refractivity contribution in [3.8, 4) is 5.75 Å². The first-order chi connectivity index (χ1) is 12.0. The Morgan fingerprint density at radius 1 is 1.16 bits per heavy atom. The molecule has 0 aromatic heterocycles. The maximum Gasteiger partial charge on any atom is 0.407 e. The number of aliphatic hydroxyl groups excluding tert-OH is 2. The molecule has 0 heterocycles. The monoisotopic (exact) mass is 365 g/mol. The Bertz CT molecular complexity index is 695. The predicted octanol–water partition coefficient (Wildman–Crippen LogP) is 2.76. The number of alkyl carbamates (subject to hydrolysis) is 1. The molecule has 0 saturated heterocycles. The number of carbonyl (C=O) groups is 1. The molecule has 1 amide bonds. The average molecular weight is 366 g/mol. The van der Waals surface area contributed by atoms with Crippen molar-refractivity contribution in [1.82, 2.24) is 5.32 Å². The van der Waals surface area contributed by atoms with Crippen molar-refractivity contribution in [2.45, 2.75) is 25.2 Å². The highest BCUT2D eigenvalue weighted by Gasteiger charge is 2.21. The Hall–Kier alpha value is -2.28. The highest BCUT2D eigenvalue weighted by atomic mass is 35.5. The number of nitrogens with one attached hydrogen (secondary N) is 1. The van der Waals surface area contributed by atoms with Gasteiger partial charge in [-0.25, -0.2) is 4.79 Å². The van der Waals surface area contributed by atoms with Gasteiger partial charge in [0.1, 0.15) is 18.5 Å². The van der Waals surface area contributed by atoms with E-state index in [-0.39, 0.29) is 30.3 Å². The van der Waals surface area contributed by atoms with Crippen LogP contribution in [0.5, 0.6) is 5.75 Å². The number of halogens is 1. The Balaban J connectivity index is 1.74. The zero-order valence-electron chi connectivity index (χ0n) is 13.4. The second-order valence-electron chi connectivity index (χ2n) is 5.50. The van der Waals surface area contributed by atoms with Gasteiger partial charge in [-0.1, -0.05) is 48.0 Å². The summed E-state index contributed by atoms with van der Waals surface area (Å²) in [5.41, 5.74) is 1.17. The number of phenols is 1. The van der Waals surface area contributed by atoms with Crippen molar-refractivity contribution >= 4 is 17.7 Å². The molecule has 0 aliphatic heterocycles. The lowest BCUT2D eigenvalue weighted by Gasteiger charge is -2.19. The molecular weight excluding hydrogens is 346 g/mol. The molecule has 2 unspecified atom stereocenters. The lowest BCUT2D eigenvalue weighted by Crippen LogP contribution is -2.29.